The summed E-state index contributed by atoms with van der Waals surface area (Å²) in [4.78, 5) is 0. The van der Waals surface area contributed by atoms with Crippen LogP contribution in [-0.4, -0.2) is 9.13 Å². The monoisotopic (exact) mass is 710 g/mol. The molecule has 0 aliphatic carbocycles. The minimum Gasteiger partial charge on any atom is -0.309 e. The Morgan fingerprint density at radius 2 is 0.589 bits per heavy atom. The van der Waals surface area contributed by atoms with Crippen molar-refractivity contribution >= 4 is 75.9 Å². The smallest absolute Gasteiger partial charge is 0.0541 e. The van der Waals surface area contributed by atoms with Crippen LogP contribution in [0.25, 0.3) is 110 Å². The third-order valence-electron chi connectivity index (χ3n) is 11.9. The third-order valence-corrected chi connectivity index (χ3v) is 11.9. The summed E-state index contributed by atoms with van der Waals surface area (Å²) in [6.45, 7) is 0. The normalized spacial score (nSPS) is 11.9. The van der Waals surface area contributed by atoms with Crippen LogP contribution < -0.4 is 0 Å². The van der Waals surface area contributed by atoms with Gasteiger partial charge in [0.15, 0.2) is 0 Å². The predicted octanol–water partition coefficient (Wildman–Crippen LogP) is 14.7. The van der Waals surface area contributed by atoms with Crippen LogP contribution >= 0.6 is 0 Å². The summed E-state index contributed by atoms with van der Waals surface area (Å²) in [5, 5.41) is 12.5. The molecule has 0 atom stereocenters. The van der Waals surface area contributed by atoms with Crippen LogP contribution in [0.5, 0.6) is 0 Å². The Morgan fingerprint density at radius 3 is 1.05 bits per heavy atom. The Morgan fingerprint density at radius 1 is 0.232 bits per heavy atom. The molecule has 0 saturated heterocycles. The molecule has 260 valence electrons. The third kappa shape index (κ3) is 4.57. The van der Waals surface area contributed by atoms with Crippen molar-refractivity contribution in [1.82, 2.24) is 9.13 Å². The van der Waals surface area contributed by atoms with Crippen LogP contribution in [0.3, 0.4) is 0 Å². The summed E-state index contributed by atoms with van der Waals surface area (Å²) in [5.74, 6) is 0. The highest BCUT2D eigenvalue weighted by atomic mass is 15.0. The van der Waals surface area contributed by atoms with Gasteiger partial charge in [-0.05, 0) is 98.4 Å². The van der Waals surface area contributed by atoms with Crippen molar-refractivity contribution in [3.05, 3.63) is 206 Å². The molecule has 0 amide bonds. The van der Waals surface area contributed by atoms with Gasteiger partial charge in [0.1, 0.15) is 0 Å². The molecule has 0 N–H and O–H groups in total. The number of hydrogen-bond acceptors (Lipinski definition) is 0. The largest absolute Gasteiger partial charge is 0.309 e. The maximum absolute atomic E-state index is 2.44. The number of aromatic nitrogens is 2. The molecule has 0 fully saturated rings. The van der Waals surface area contributed by atoms with E-state index < -0.39 is 0 Å². The number of hydrogen-bond donors (Lipinski definition) is 0. The molecule has 2 nitrogen and oxygen atoms in total. The van der Waals surface area contributed by atoms with Gasteiger partial charge in [0.25, 0.3) is 0 Å². The lowest BCUT2D eigenvalue weighted by atomic mass is 9.93. The maximum atomic E-state index is 2.44. The fourth-order valence-electron chi connectivity index (χ4n) is 9.32. The van der Waals surface area contributed by atoms with Crippen molar-refractivity contribution in [2.75, 3.05) is 0 Å². The average Bonchev–Trinajstić information content (AvgIpc) is 3.78. The number of rotatable bonds is 4. The molecule has 0 aliphatic heterocycles. The van der Waals surface area contributed by atoms with Gasteiger partial charge in [-0.2, -0.15) is 0 Å². The maximum Gasteiger partial charge on any atom is 0.0541 e. The molecule has 0 radical (unpaired) electrons. The summed E-state index contributed by atoms with van der Waals surface area (Å²) >= 11 is 0. The van der Waals surface area contributed by atoms with Gasteiger partial charge in [-0.3, -0.25) is 0 Å². The Balaban J connectivity index is 1.03. The fourth-order valence-corrected chi connectivity index (χ4v) is 9.32. The topological polar surface area (TPSA) is 9.86 Å². The molecule has 0 saturated carbocycles. The second-order valence-corrected chi connectivity index (χ2v) is 14.9. The zero-order chi connectivity index (χ0) is 36.7. The van der Waals surface area contributed by atoms with Gasteiger partial charge in [-0.25, -0.2) is 0 Å². The fraction of sp³-hybridized carbons (Fsp3) is 0. The van der Waals surface area contributed by atoms with Crippen molar-refractivity contribution < 1.29 is 0 Å². The Kier molecular flexibility index (Phi) is 6.66. The number of benzene rings is 10. The zero-order valence-corrected chi connectivity index (χ0v) is 30.5. The first-order valence-electron chi connectivity index (χ1n) is 19.3. The minimum absolute atomic E-state index is 1.19. The highest BCUT2D eigenvalue weighted by Crippen LogP contribution is 2.40. The molecule has 12 aromatic rings. The van der Waals surface area contributed by atoms with Gasteiger partial charge in [0, 0.05) is 32.3 Å². The van der Waals surface area contributed by atoms with E-state index in [9.17, 15) is 0 Å². The molecule has 0 spiro atoms. The lowest BCUT2D eigenvalue weighted by Gasteiger charge is -2.15. The van der Waals surface area contributed by atoms with Crippen molar-refractivity contribution in [2.45, 2.75) is 0 Å². The number of fused-ring (bicyclic) bond motifs is 9. The quantitative estimate of drug-likeness (QED) is 0.172. The van der Waals surface area contributed by atoms with Gasteiger partial charge in [0.2, 0.25) is 0 Å². The second-order valence-electron chi connectivity index (χ2n) is 14.9. The molecule has 2 heteroatoms. The lowest BCUT2D eigenvalue weighted by Crippen LogP contribution is -1.95. The molecule has 12 rings (SSSR count). The summed E-state index contributed by atoms with van der Waals surface area (Å²) in [6, 6.07) is 75.9. The number of nitrogens with zero attached hydrogens (tertiary/aromatic N) is 2. The highest BCUT2D eigenvalue weighted by molar-refractivity contribution is 6.12. The van der Waals surface area contributed by atoms with E-state index in [2.05, 4.69) is 215 Å². The van der Waals surface area contributed by atoms with Crippen LogP contribution in [0.15, 0.2) is 206 Å². The van der Waals surface area contributed by atoms with Crippen LogP contribution in [0.2, 0.25) is 0 Å². The van der Waals surface area contributed by atoms with Crippen molar-refractivity contribution in [2.24, 2.45) is 0 Å². The first kappa shape index (κ1) is 31.0. The van der Waals surface area contributed by atoms with Crippen LogP contribution in [0, 0.1) is 0 Å². The van der Waals surface area contributed by atoms with Gasteiger partial charge < -0.3 is 9.13 Å². The summed E-state index contributed by atoms with van der Waals surface area (Å²) < 4.78 is 4.87. The van der Waals surface area contributed by atoms with Gasteiger partial charge in [-0.1, -0.05) is 152 Å². The molecular formula is C54H34N2. The van der Waals surface area contributed by atoms with Crippen LogP contribution in [-0.2, 0) is 0 Å². The van der Waals surface area contributed by atoms with E-state index in [1.54, 1.807) is 0 Å². The lowest BCUT2D eigenvalue weighted by molar-refractivity contribution is 1.20. The number of para-hydroxylation sites is 4. The Hall–Kier alpha value is -7.42. The highest BCUT2D eigenvalue weighted by Gasteiger charge is 2.17. The zero-order valence-electron chi connectivity index (χ0n) is 30.5. The van der Waals surface area contributed by atoms with Crippen molar-refractivity contribution in [3.8, 4) is 33.6 Å². The molecule has 0 unspecified atom stereocenters. The molecule has 56 heavy (non-hydrogen) atoms. The average molecular weight is 711 g/mol. The molecule has 0 aliphatic rings. The molecule has 2 aromatic heterocycles. The Bertz CT molecular complexity index is 3440. The standard InChI is InChI=1S/C54H34N2/c1-5-20-49-42(15-1)43-16-2-6-21-50(43)55(49)53-24-10-13-36-27-30-39(33-47(36)53)38-29-26-35-12-9-19-41(46(35)32-38)40-31-28-37-14-11-25-54(48(37)34-40)56-51-22-7-3-17-44(51)45-18-4-8-23-52(45)56/h1-34H. The Labute approximate surface area is 323 Å². The van der Waals surface area contributed by atoms with Crippen molar-refractivity contribution in [3.63, 3.8) is 0 Å². The predicted molar refractivity (Wildman–Crippen MR) is 239 cm³/mol. The van der Waals surface area contributed by atoms with Crippen LogP contribution in [0.4, 0.5) is 0 Å². The molecular weight excluding hydrogens is 677 g/mol. The van der Waals surface area contributed by atoms with Crippen molar-refractivity contribution in [1.29, 1.82) is 0 Å². The van der Waals surface area contributed by atoms with Crippen LogP contribution in [0.1, 0.15) is 0 Å². The van der Waals surface area contributed by atoms with Gasteiger partial charge in [0.05, 0.1) is 33.4 Å². The first-order chi connectivity index (χ1) is 27.8. The van der Waals surface area contributed by atoms with Gasteiger partial charge in [-0.15, -0.1) is 0 Å². The van der Waals surface area contributed by atoms with Gasteiger partial charge >= 0.3 is 0 Å². The molecule has 0 bridgehead atoms. The summed E-state index contributed by atoms with van der Waals surface area (Å²) in [6.07, 6.45) is 0. The second kappa shape index (κ2) is 12.0. The van der Waals surface area contributed by atoms with E-state index in [0.29, 0.717) is 0 Å². The first-order valence-corrected chi connectivity index (χ1v) is 19.3. The van der Waals surface area contributed by atoms with E-state index in [-0.39, 0.29) is 0 Å². The van der Waals surface area contributed by atoms with E-state index in [1.807, 2.05) is 0 Å². The summed E-state index contributed by atoms with van der Waals surface area (Å²) in [5.41, 5.74) is 12.1. The summed E-state index contributed by atoms with van der Waals surface area (Å²) in [7, 11) is 0. The SMILES string of the molecule is c1cc(-c2ccc3cccc(-n4c5ccccc5c5ccccc54)c3c2)c2cc(-c3ccc4cccc(-n5c6ccccc6c6ccccc65)c4c3)ccc2c1. The molecule has 10 aromatic carbocycles. The van der Waals surface area contributed by atoms with E-state index >= 15 is 0 Å². The van der Waals surface area contributed by atoms with E-state index in [0.717, 1.165) is 0 Å². The minimum atomic E-state index is 1.19. The van der Waals surface area contributed by atoms with E-state index in [4.69, 9.17) is 0 Å². The van der Waals surface area contributed by atoms with E-state index in [1.165, 1.54) is 110 Å². The molecule has 2 heterocycles.